The first-order valence-electron chi connectivity index (χ1n) is 8.96. The summed E-state index contributed by atoms with van der Waals surface area (Å²) in [5.74, 6) is 2.71. The monoisotopic (exact) mass is 336 g/mol. The number of rotatable bonds is 8. The van der Waals surface area contributed by atoms with Crippen LogP contribution in [0.3, 0.4) is 0 Å². The molecule has 1 fully saturated rings. The standard InChI is InChI=1S/C18H32N4O2/c1-16(2)15-21-9-11-22(12-10-21)18(20-8-14-23-3)19-7-6-17-5-4-13-24-17/h4-5,13,16H,6-12,14-15H2,1-3H3,(H,19,20). The zero-order chi connectivity index (χ0) is 17.2. The second-order valence-corrected chi connectivity index (χ2v) is 6.64. The fourth-order valence-corrected chi connectivity index (χ4v) is 2.92. The molecule has 0 radical (unpaired) electrons. The third-order valence-electron chi connectivity index (χ3n) is 4.09. The van der Waals surface area contributed by atoms with Crippen LogP contribution in [0.1, 0.15) is 19.6 Å². The minimum atomic E-state index is 0.649. The Morgan fingerprint density at radius 3 is 2.75 bits per heavy atom. The lowest BCUT2D eigenvalue weighted by molar-refractivity contribution is 0.163. The molecule has 0 spiro atoms. The van der Waals surface area contributed by atoms with Crippen molar-refractivity contribution in [2.24, 2.45) is 10.9 Å². The van der Waals surface area contributed by atoms with E-state index in [2.05, 4.69) is 29.0 Å². The maximum absolute atomic E-state index is 5.39. The van der Waals surface area contributed by atoms with Gasteiger partial charge in [-0.2, -0.15) is 0 Å². The molecule has 1 N–H and O–H groups in total. The van der Waals surface area contributed by atoms with Crippen LogP contribution in [0.4, 0.5) is 0 Å². The second-order valence-electron chi connectivity index (χ2n) is 6.64. The Bertz CT molecular complexity index is 465. The van der Waals surface area contributed by atoms with Crippen molar-refractivity contribution in [3.05, 3.63) is 24.2 Å². The first-order valence-corrected chi connectivity index (χ1v) is 8.96. The summed E-state index contributed by atoms with van der Waals surface area (Å²) in [5, 5.41) is 3.48. The number of nitrogens with zero attached hydrogens (tertiary/aromatic N) is 3. The zero-order valence-electron chi connectivity index (χ0n) is 15.3. The molecule has 2 rings (SSSR count). The molecule has 6 nitrogen and oxygen atoms in total. The van der Waals surface area contributed by atoms with Crippen LogP contribution in [-0.2, 0) is 11.2 Å². The lowest BCUT2D eigenvalue weighted by atomic mass is 10.2. The molecule has 0 saturated carbocycles. The molecule has 1 aliphatic heterocycles. The number of aliphatic imine (C=N–C) groups is 1. The van der Waals surface area contributed by atoms with Crippen LogP contribution in [0.15, 0.2) is 27.8 Å². The Labute approximate surface area is 145 Å². The Kier molecular flexibility index (Phi) is 8.12. The van der Waals surface area contributed by atoms with Gasteiger partial charge in [0.2, 0.25) is 0 Å². The van der Waals surface area contributed by atoms with E-state index in [9.17, 15) is 0 Å². The minimum Gasteiger partial charge on any atom is -0.469 e. The van der Waals surface area contributed by atoms with Crippen LogP contribution in [-0.4, -0.2) is 75.3 Å². The van der Waals surface area contributed by atoms with Gasteiger partial charge in [0.25, 0.3) is 0 Å². The van der Waals surface area contributed by atoms with Gasteiger partial charge in [-0.3, -0.25) is 9.89 Å². The van der Waals surface area contributed by atoms with Crippen molar-refractivity contribution >= 4 is 5.96 Å². The van der Waals surface area contributed by atoms with Gasteiger partial charge in [-0.05, 0) is 18.1 Å². The average Bonchev–Trinajstić information content (AvgIpc) is 3.07. The van der Waals surface area contributed by atoms with Crippen molar-refractivity contribution in [2.75, 3.05) is 59.5 Å². The summed E-state index contributed by atoms with van der Waals surface area (Å²) in [6.45, 7) is 12.1. The van der Waals surface area contributed by atoms with Gasteiger partial charge in [-0.1, -0.05) is 13.8 Å². The van der Waals surface area contributed by atoms with E-state index in [-0.39, 0.29) is 0 Å². The molecule has 6 heteroatoms. The topological polar surface area (TPSA) is 53.2 Å². The average molecular weight is 336 g/mol. The Hall–Kier alpha value is -1.53. The number of hydrogen-bond donors (Lipinski definition) is 1. The smallest absolute Gasteiger partial charge is 0.194 e. The van der Waals surface area contributed by atoms with E-state index >= 15 is 0 Å². The number of hydrogen-bond acceptors (Lipinski definition) is 4. The van der Waals surface area contributed by atoms with Gasteiger partial charge < -0.3 is 19.4 Å². The molecular formula is C18H32N4O2. The SMILES string of the molecule is COCCN=C(NCCc1ccco1)N1CCN(CC(C)C)CC1. The lowest BCUT2D eigenvalue weighted by Gasteiger charge is -2.37. The third-order valence-corrected chi connectivity index (χ3v) is 4.09. The van der Waals surface area contributed by atoms with Gasteiger partial charge in [0.05, 0.1) is 19.4 Å². The number of furan rings is 1. The molecule has 0 unspecified atom stereocenters. The molecule has 0 amide bonds. The maximum atomic E-state index is 5.39. The number of ether oxygens (including phenoxy) is 1. The summed E-state index contributed by atoms with van der Waals surface area (Å²) in [5.41, 5.74) is 0. The van der Waals surface area contributed by atoms with E-state index in [1.54, 1.807) is 13.4 Å². The summed E-state index contributed by atoms with van der Waals surface area (Å²) in [4.78, 5) is 9.59. The Morgan fingerprint density at radius 1 is 1.33 bits per heavy atom. The van der Waals surface area contributed by atoms with Crippen molar-refractivity contribution in [3.63, 3.8) is 0 Å². The van der Waals surface area contributed by atoms with E-state index in [0.717, 1.165) is 56.8 Å². The highest BCUT2D eigenvalue weighted by atomic mass is 16.5. The van der Waals surface area contributed by atoms with E-state index in [4.69, 9.17) is 14.1 Å². The molecule has 1 aliphatic rings. The summed E-state index contributed by atoms with van der Waals surface area (Å²) in [7, 11) is 1.71. The van der Waals surface area contributed by atoms with Crippen LogP contribution in [0.25, 0.3) is 0 Å². The van der Waals surface area contributed by atoms with Gasteiger partial charge in [0.1, 0.15) is 5.76 Å². The lowest BCUT2D eigenvalue weighted by Crippen LogP contribution is -2.53. The van der Waals surface area contributed by atoms with E-state index < -0.39 is 0 Å². The highest BCUT2D eigenvalue weighted by molar-refractivity contribution is 5.80. The third kappa shape index (κ3) is 6.53. The molecule has 136 valence electrons. The quantitative estimate of drug-likeness (QED) is 0.445. The molecule has 0 atom stereocenters. The summed E-state index contributed by atoms with van der Waals surface area (Å²) >= 11 is 0. The Morgan fingerprint density at radius 2 is 2.12 bits per heavy atom. The van der Waals surface area contributed by atoms with Crippen molar-refractivity contribution < 1.29 is 9.15 Å². The van der Waals surface area contributed by atoms with Gasteiger partial charge >= 0.3 is 0 Å². The fraction of sp³-hybridized carbons (Fsp3) is 0.722. The second kappa shape index (κ2) is 10.4. The van der Waals surface area contributed by atoms with E-state index in [0.29, 0.717) is 13.2 Å². The van der Waals surface area contributed by atoms with Gasteiger partial charge in [-0.25, -0.2) is 0 Å². The molecule has 2 heterocycles. The molecule has 1 aromatic rings. The van der Waals surface area contributed by atoms with Crippen LogP contribution in [0.2, 0.25) is 0 Å². The largest absolute Gasteiger partial charge is 0.469 e. The zero-order valence-corrected chi connectivity index (χ0v) is 15.3. The predicted molar refractivity (Wildman–Crippen MR) is 97.4 cm³/mol. The van der Waals surface area contributed by atoms with Crippen LogP contribution < -0.4 is 5.32 Å². The van der Waals surface area contributed by atoms with Crippen LogP contribution in [0, 0.1) is 5.92 Å². The Balaban J connectivity index is 1.82. The predicted octanol–water partition coefficient (Wildman–Crippen LogP) is 1.69. The highest BCUT2D eigenvalue weighted by Gasteiger charge is 2.20. The number of guanidine groups is 1. The molecule has 1 saturated heterocycles. The summed E-state index contributed by atoms with van der Waals surface area (Å²) < 4.78 is 10.5. The van der Waals surface area contributed by atoms with E-state index in [1.165, 1.54) is 6.54 Å². The molecular weight excluding hydrogens is 304 g/mol. The first kappa shape index (κ1) is 18.8. The van der Waals surface area contributed by atoms with Crippen molar-refractivity contribution in [3.8, 4) is 0 Å². The normalized spacial score (nSPS) is 16.8. The van der Waals surface area contributed by atoms with Gasteiger partial charge in [0.15, 0.2) is 5.96 Å². The summed E-state index contributed by atoms with van der Waals surface area (Å²) in [6.07, 6.45) is 2.58. The molecule has 24 heavy (non-hydrogen) atoms. The first-order chi connectivity index (χ1) is 11.7. The van der Waals surface area contributed by atoms with Crippen LogP contribution >= 0.6 is 0 Å². The van der Waals surface area contributed by atoms with Crippen molar-refractivity contribution in [1.82, 2.24) is 15.1 Å². The molecule has 1 aromatic heterocycles. The molecule has 0 aliphatic carbocycles. The van der Waals surface area contributed by atoms with Crippen molar-refractivity contribution in [1.29, 1.82) is 0 Å². The van der Waals surface area contributed by atoms with E-state index in [1.807, 2.05) is 12.1 Å². The summed E-state index contributed by atoms with van der Waals surface area (Å²) in [6, 6.07) is 3.94. The number of nitrogens with one attached hydrogen (secondary N) is 1. The van der Waals surface area contributed by atoms with Crippen LogP contribution in [0.5, 0.6) is 0 Å². The fourth-order valence-electron chi connectivity index (χ4n) is 2.92. The minimum absolute atomic E-state index is 0.649. The molecule has 0 aromatic carbocycles. The number of methoxy groups -OCH3 is 1. The maximum Gasteiger partial charge on any atom is 0.194 e. The highest BCUT2D eigenvalue weighted by Crippen LogP contribution is 2.06. The van der Waals surface area contributed by atoms with Gasteiger partial charge in [0, 0.05) is 52.8 Å². The molecule has 0 bridgehead atoms. The number of piperazine rings is 1. The van der Waals surface area contributed by atoms with Crippen molar-refractivity contribution in [2.45, 2.75) is 20.3 Å². The van der Waals surface area contributed by atoms with Gasteiger partial charge in [-0.15, -0.1) is 0 Å².